The molecule has 2 rings (SSSR count). The molecule has 0 aliphatic carbocycles. The van der Waals surface area contributed by atoms with Crippen LogP contribution in [0.3, 0.4) is 0 Å². The summed E-state index contributed by atoms with van der Waals surface area (Å²) in [5.41, 5.74) is -0.577. The molecule has 0 bridgehead atoms. The molecule has 0 radical (unpaired) electrons. The smallest absolute Gasteiger partial charge is 0.307 e. The maximum atomic E-state index is 13.3. The summed E-state index contributed by atoms with van der Waals surface area (Å²) < 4.78 is 27.2. The van der Waals surface area contributed by atoms with Crippen molar-refractivity contribution in [3.63, 3.8) is 0 Å². The summed E-state index contributed by atoms with van der Waals surface area (Å²) in [7, 11) is 0. The van der Waals surface area contributed by atoms with Crippen LogP contribution in [0.15, 0.2) is 30.6 Å². The summed E-state index contributed by atoms with van der Waals surface area (Å²) >= 11 is 0. The minimum atomic E-state index is -0.786. The van der Waals surface area contributed by atoms with Gasteiger partial charge in [-0.15, -0.1) is 0 Å². The average molecular weight is 282 g/mol. The molecule has 1 N–H and O–H groups in total. The fraction of sp³-hybridized carbons (Fsp3) is 0.0909. The van der Waals surface area contributed by atoms with E-state index in [-0.39, 0.29) is 17.9 Å². The zero-order chi connectivity index (χ0) is 14.7. The maximum absolute atomic E-state index is 13.3. The van der Waals surface area contributed by atoms with E-state index in [4.69, 9.17) is 0 Å². The van der Waals surface area contributed by atoms with Crippen LogP contribution in [0.5, 0.6) is 0 Å². The van der Waals surface area contributed by atoms with Gasteiger partial charge in [-0.2, -0.15) is 5.10 Å². The lowest BCUT2D eigenvalue weighted by Crippen LogP contribution is -2.19. The quantitative estimate of drug-likeness (QED) is 0.682. The second-order valence-corrected chi connectivity index (χ2v) is 3.83. The first kappa shape index (κ1) is 13.6. The molecule has 1 aromatic heterocycles. The van der Waals surface area contributed by atoms with Crippen molar-refractivity contribution in [1.29, 1.82) is 0 Å². The molecular formula is C11H8F2N4O3. The van der Waals surface area contributed by atoms with Crippen molar-refractivity contribution < 1.29 is 18.5 Å². The molecule has 7 nitrogen and oxygen atoms in total. The number of nitro groups is 1. The zero-order valence-corrected chi connectivity index (χ0v) is 9.92. The first-order valence-electron chi connectivity index (χ1n) is 5.37. The van der Waals surface area contributed by atoms with Crippen molar-refractivity contribution in [2.45, 2.75) is 6.54 Å². The second-order valence-electron chi connectivity index (χ2n) is 3.83. The van der Waals surface area contributed by atoms with E-state index < -0.39 is 22.5 Å². The van der Waals surface area contributed by atoms with E-state index in [9.17, 15) is 23.7 Å². The normalized spacial score (nSPS) is 10.3. The Balaban J connectivity index is 2.05. The third-order valence-electron chi connectivity index (χ3n) is 2.34. The molecule has 0 spiro atoms. The highest BCUT2D eigenvalue weighted by molar-refractivity contribution is 5.90. The van der Waals surface area contributed by atoms with E-state index in [0.29, 0.717) is 0 Å². The first-order chi connectivity index (χ1) is 9.45. The van der Waals surface area contributed by atoms with Gasteiger partial charge in [0, 0.05) is 6.07 Å². The topological polar surface area (TPSA) is 90.1 Å². The number of halogens is 2. The van der Waals surface area contributed by atoms with Gasteiger partial charge in [0.2, 0.25) is 5.91 Å². The van der Waals surface area contributed by atoms with Crippen LogP contribution in [0.2, 0.25) is 0 Å². The number of aromatic nitrogens is 2. The SMILES string of the molecule is O=C(Cn1cc([N+](=O)[O-])cn1)Nc1cc(F)ccc1F. The van der Waals surface area contributed by atoms with Gasteiger partial charge in [-0.05, 0) is 12.1 Å². The van der Waals surface area contributed by atoms with Crippen molar-refractivity contribution in [3.8, 4) is 0 Å². The maximum Gasteiger partial charge on any atom is 0.307 e. The average Bonchev–Trinajstić information content (AvgIpc) is 2.82. The fourth-order valence-corrected chi connectivity index (χ4v) is 1.46. The number of carbonyl (C=O) groups excluding carboxylic acids is 1. The van der Waals surface area contributed by atoms with Crippen LogP contribution in [-0.4, -0.2) is 20.6 Å². The van der Waals surface area contributed by atoms with Gasteiger partial charge in [0.15, 0.2) is 0 Å². The van der Waals surface area contributed by atoms with Gasteiger partial charge in [-0.25, -0.2) is 8.78 Å². The molecule has 9 heteroatoms. The number of nitrogens with zero attached hydrogens (tertiary/aromatic N) is 3. The standard InChI is InChI=1S/C11H8F2N4O3/c12-7-1-2-9(13)10(3-7)15-11(18)6-16-5-8(4-14-16)17(19)20/h1-5H,6H2,(H,15,18). The summed E-state index contributed by atoms with van der Waals surface area (Å²) in [6.45, 7) is -0.357. The Bertz CT molecular complexity index is 671. The van der Waals surface area contributed by atoms with Crippen LogP contribution in [0, 0.1) is 21.7 Å². The number of hydrogen-bond donors (Lipinski definition) is 1. The van der Waals surface area contributed by atoms with Crippen LogP contribution >= 0.6 is 0 Å². The third-order valence-corrected chi connectivity index (χ3v) is 2.34. The Morgan fingerprint density at radius 1 is 1.45 bits per heavy atom. The molecule has 1 amide bonds. The second kappa shape index (κ2) is 5.43. The highest BCUT2D eigenvalue weighted by Crippen LogP contribution is 2.15. The van der Waals surface area contributed by atoms with Crippen molar-refractivity contribution in [1.82, 2.24) is 9.78 Å². The zero-order valence-electron chi connectivity index (χ0n) is 9.92. The molecule has 0 unspecified atom stereocenters. The van der Waals surface area contributed by atoms with Crippen molar-refractivity contribution in [2.24, 2.45) is 0 Å². The van der Waals surface area contributed by atoms with Gasteiger partial charge in [-0.1, -0.05) is 0 Å². The molecule has 1 heterocycles. The Labute approximate surface area is 111 Å². The summed E-state index contributed by atoms with van der Waals surface area (Å²) in [5, 5.41) is 16.2. The Kier molecular flexibility index (Phi) is 3.69. The van der Waals surface area contributed by atoms with Crippen LogP contribution in [-0.2, 0) is 11.3 Å². The molecule has 0 fully saturated rings. The number of rotatable bonds is 4. The van der Waals surface area contributed by atoms with Crippen molar-refractivity contribution in [3.05, 3.63) is 52.3 Å². The van der Waals surface area contributed by atoms with Crippen LogP contribution < -0.4 is 5.32 Å². The summed E-state index contributed by atoms with van der Waals surface area (Å²) in [6, 6.07) is 2.63. The van der Waals surface area contributed by atoms with E-state index >= 15 is 0 Å². The van der Waals surface area contributed by atoms with E-state index in [1.165, 1.54) is 0 Å². The van der Waals surface area contributed by atoms with E-state index in [1.807, 2.05) is 0 Å². The molecule has 0 aliphatic rings. The van der Waals surface area contributed by atoms with Gasteiger partial charge in [0.25, 0.3) is 0 Å². The molecule has 20 heavy (non-hydrogen) atoms. The van der Waals surface area contributed by atoms with Crippen LogP contribution in [0.4, 0.5) is 20.2 Å². The fourth-order valence-electron chi connectivity index (χ4n) is 1.46. The van der Waals surface area contributed by atoms with Crippen molar-refractivity contribution >= 4 is 17.3 Å². The number of benzene rings is 1. The molecular weight excluding hydrogens is 274 g/mol. The number of nitrogens with one attached hydrogen (secondary N) is 1. The number of amides is 1. The van der Waals surface area contributed by atoms with E-state index in [2.05, 4.69) is 10.4 Å². The summed E-state index contributed by atoms with van der Waals surface area (Å²) in [6.07, 6.45) is 2.04. The lowest BCUT2D eigenvalue weighted by Gasteiger charge is -2.06. The largest absolute Gasteiger partial charge is 0.322 e. The van der Waals surface area contributed by atoms with Gasteiger partial charge in [-0.3, -0.25) is 19.6 Å². The molecule has 2 aromatic rings. The predicted molar refractivity (Wildman–Crippen MR) is 63.9 cm³/mol. The van der Waals surface area contributed by atoms with Crippen LogP contribution in [0.1, 0.15) is 0 Å². The summed E-state index contributed by atoms with van der Waals surface area (Å²) in [5.74, 6) is -2.17. The third kappa shape index (κ3) is 3.13. The van der Waals surface area contributed by atoms with Crippen molar-refractivity contribution in [2.75, 3.05) is 5.32 Å². The molecule has 0 saturated carbocycles. The Morgan fingerprint density at radius 2 is 2.20 bits per heavy atom. The lowest BCUT2D eigenvalue weighted by atomic mass is 10.3. The minimum absolute atomic E-state index is 0.269. The predicted octanol–water partition coefficient (Wildman–Crippen LogP) is 1.71. The molecule has 0 saturated heterocycles. The highest BCUT2D eigenvalue weighted by atomic mass is 19.1. The summed E-state index contributed by atoms with van der Waals surface area (Å²) in [4.78, 5) is 21.4. The van der Waals surface area contributed by atoms with Gasteiger partial charge >= 0.3 is 5.69 Å². The van der Waals surface area contributed by atoms with Crippen LogP contribution in [0.25, 0.3) is 0 Å². The molecule has 0 atom stereocenters. The monoisotopic (exact) mass is 282 g/mol. The minimum Gasteiger partial charge on any atom is -0.322 e. The number of anilines is 1. The van der Waals surface area contributed by atoms with E-state index in [0.717, 1.165) is 35.3 Å². The van der Waals surface area contributed by atoms with E-state index in [1.54, 1.807) is 0 Å². The van der Waals surface area contributed by atoms with Gasteiger partial charge in [0.05, 0.1) is 10.6 Å². The molecule has 1 aromatic carbocycles. The number of hydrogen-bond acceptors (Lipinski definition) is 4. The Hall–Kier alpha value is -2.84. The molecule has 104 valence electrons. The van der Waals surface area contributed by atoms with Gasteiger partial charge in [0.1, 0.15) is 30.6 Å². The Morgan fingerprint density at radius 3 is 2.85 bits per heavy atom. The lowest BCUT2D eigenvalue weighted by molar-refractivity contribution is -0.385. The number of carbonyl (C=O) groups is 1. The highest BCUT2D eigenvalue weighted by Gasteiger charge is 2.12. The van der Waals surface area contributed by atoms with Gasteiger partial charge < -0.3 is 5.32 Å². The molecule has 0 aliphatic heterocycles. The first-order valence-corrected chi connectivity index (χ1v) is 5.37.